The van der Waals surface area contributed by atoms with Crippen molar-refractivity contribution in [2.24, 2.45) is 0 Å². The highest BCUT2D eigenvalue weighted by molar-refractivity contribution is 7.89. The second-order valence-corrected chi connectivity index (χ2v) is 9.90. The van der Waals surface area contributed by atoms with Crippen LogP contribution in [-0.2, 0) is 10.0 Å². The SMILES string of the molecule is O=S(=O)(NCCNc1nc(-c2cccs2)nc2cc(Cl)ccc12)c1ccc(Cl)cc1. The van der Waals surface area contributed by atoms with Gasteiger partial charge in [-0.2, -0.15) is 0 Å². The lowest BCUT2D eigenvalue weighted by atomic mass is 10.2. The highest BCUT2D eigenvalue weighted by atomic mass is 35.5. The molecule has 0 unspecified atom stereocenters. The Hall–Kier alpha value is -2.23. The number of aromatic nitrogens is 2. The van der Waals surface area contributed by atoms with Crippen molar-refractivity contribution >= 4 is 61.3 Å². The molecule has 0 spiro atoms. The third kappa shape index (κ3) is 4.74. The first-order valence-electron chi connectivity index (χ1n) is 8.93. The molecule has 2 heterocycles. The molecular weight excluding hydrogens is 463 g/mol. The van der Waals surface area contributed by atoms with Gasteiger partial charge in [-0.1, -0.05) is 29.3 Å². The van der Waals surface area contributed by atoms with Crippen LogP contribution in [-0.4, -0.2) is 31.5 Å². The van der Waals surface area contributed by atoms with Crippen LogP contribution < -0.4 is 10.0 Å². The van der Waals surface area contributed by atoms with Gasteiger partial charge in [-0.3, -0.25) is 0 Å². The molecule has 2 aromatic heterocycles. The molecule has 0 radical (unpaired) electrons. The summed E-state index contributed by atoms with van der Waals surface area (Å²) in [5, 5.41) is 7.03. The molecule has 0 saturated carbocycles. The second-order valence-electron chi connectivity index (χ2n) is 6.31. The highest BCUT2D eigenvalue weighted by Gasteiger charge is 2.14. The number of halogens is 2. The summed E-state index contributed by atoms with van der Waals surface area (Å²) in [6.45, 7) is 0.518. The molecule has 30 heavy (non-hydrogen) atoms. The number of benzene rings is 2. The van der Waals surface area contributed by atoms with Crippen LogP contribution in [0.4, 0.5) is 5.82 Å². The third-order valence-corrected chi connectivity index (χ3v) is 7.06. The molecule has 0 aliphatic carbocycles. The average Bonchev–Trinajstić information content (AvgIpc) is 3.26. The highest BCUT2D eigenvalue weighted by Crippen LogP contribution is 2.29. The maximum absolute atomic E-state index is 12.4. The number of nitrogens with one attached hydrogen (secondary N) is 2. The molecule has 0 bridgehead atoms. The van der Waals surface area contributed by atoms with Crippen LogP contribution >= 0.6 is 34.5 Å². The van der Waals surface area contributed by atoms with Gasteiger partial charge in [-0.25, -0.2) is 23.1 Å². The zero-order valence-electron chi connectivity index (χ0n) is 15.5. The Labute approximate surface area is 188 Å². The molecular formula is C20H16Cl2N4O2S2. The molecule has 6 nitrogen and oxygen atoms in total. The van der Waals surface area contributed by atoms with Crippen molar-refractivity contribution in [3.63, 3.8) is 0 Å². The van der Waals surface area contributed by atoms with Gasteiger partial charge in [0.25, 0.3) is 0 Å². The van der Waals surface area contributed by atoms with Gasteiger partial charge >= 0.3 is 0 Å². The molecule has 0 fully saturated rings. The van der Waals surface area contributed by atoms with E-state index in [1.807, 2.05) is 23.6 Å². The Bertz CT molecular complexity index is 1280. The van der Waals surface area contributed by atoms with E-state index in [2.05, 4.69) is 20.0 Å². The van der Waals surface area contributed by atoms with E-state index in [9.17, 15) is 8.42 Å². The van der Waals surface area contributed by atoms with Gasteiger partial charge in [-0.15, -0.1) is 11.3 Å². The monoisotopic (exact) mass is 478 g/mol. The summed E-state index contributed by atoms with van der Waals surface area (Å²) in [6, 6.07) is 15.3. The third-order valence-electron chi connectivity index (χ3n) is 4.23. The van der Waals surface area contributed by atoms with Crippen molar-refractivity contribution < 1.29 is 8.42 Å². The van der Waals surface area contributed by atoms with Crippen LogP contribution in [0.3, 0.4) is 0 Å². The van der Waals surface area contributed by atoms with Crippen molar-refractivity contribution in [3.05, 3.63) is 70.0 Å². The maximum Gasteiger partial charge on any atom is 0.240 e. The van der Waals surface area contributed by atoms with Crippen LogP contribution in [0.25, 0.3) is 21.6 Å². The van der Waals surface area contributed by atoms with E-state index in [0.717, 1.165) is 10.3 Å². The van der Waals surface area contributed by atoms with E-state index < -0.39 is 10.0 Å². The van der Waals surface area contributed by atoms with Gasteiger partial charge < -0.3 is 5.32 Å². The molecule has 10 heteroatoms. The van der Waals surface area contributed by atoms with E-state index in [1.165, 1.54) is 12.1 Å². The lowest BCUT2D eigenvalue weighted by Gasteiger charge is -2.12. The van der Waals surface area contributed by atoms with Gasteiger partial charge in [0.2, 0.25) is 10.0 Å². The fourth-order valence-electron chi connectivity index (χ4n) is 2.82. The van der Waals surface area contributed by atoms with Crippen LogP contribution in [0.15, 0.2) is 64.9 Å². The lowest BCUT2D eigenvalue weighted by Crippen LogP contribution is -2.29. The van der Waals surface area contributed by atoms with E-state index in [-0.39, 0.29) is 11.4 Å². The lowest BCUT2D eigenvalue weighted by molar-refractivity contribution is 0.583. The van der Waals surface area contributed by atoms with Crippen LogP contribution in [0.5, 0.6) is 0 Å². The fourth-order valence-corrected chi connectivity index (χ4v) is 4.80. The molecule has 2 aromatic carbocycles. The topological polar surface area (TPSA) is 84.0 Å². The summed E-state index contributed by atoms with van der Waals surface area (Å²) in [4.78, 5) is 10.3. The molecule has 2 N–H and O–H groups in total. The quantitative estimate of drug-likeness (QED) is 0.362. The number of fused-ring (bicyclic) bond motifs is 1. The van der Waals surface area contributed by atoms with Gasteiger partial charge in [0.05, 0.1) is 15.3 Å². The average molecular weight is 479 g/mol. The smallest absolute Gasteiger partial charge is 0.240 e. The number of thiophene rings is 1. The predicted molar refractivity (Wildman–Crippen MR) is 123 cm³/mol. The molecule has 0 saturated heterocycles. The summed E-state index contributed by atoms with van der Waals surface area (Å²) < 4.78 is 27.4. The van der Waals surface area contributed by atoms with Crippen LogP contribution in [0.2, 0.25) is 10.0 Å². The number of anilines is 1. The summed E-state index contributed by atoms with van der Waals surface area (Å²) in [7, 11) is -3.62. The Morgan fingerprint density at radius 2 is 1.70 bits per heavy atom. The number of rotatable bonds is 7. The standard InChI is InChI=1S/C20H16Cl2N4O2S2/c21-13-3-6-15(7-4-13)30(27,28)24-10-9-23-19-16-8-5-14(22)12-17(16)25-20(26-19)18-2-1-11-29-18/h1-8,11-12,24H,9-10H2,(H,23,25,26). The minimum atomic E-state index is -3.62. The Kier molecular flexibility index (Phi) is 6.21. The first-order chi connectivity index (χ1) is 14.4. The molecule has 4 aromatic rings. The molecule has 0 amide bonds. The van der Waals surface area contributed by atoms with Gasteiger partial charge in [0.15, 0.2) is 5.82 Å². The minimum absolute atomic E-state index is 0.161. The minimum Gasteiger partial charge on any atom is -0.368 e. The van der Waals surface area contributed by atoms with E-state index in [4.69, 9.17) is 23.2 Å². The van der Waals surface area contributed by atoms with Gasteiger partial charge in [-0.05, 0) is 53.9 Å². The normalized spacial score (nSPS) is 11.7. The van der Waals surface area contributed by atoms with Gasteiger partial charge in [0, 0.05) is 28.5 Å². The molecule has 0 aliphatic rings. The predicted octanol–water partition coefficient (Wildman–Crippen LogP) is 5.06. The Morgan fingerprint density at radius 1 is 0.933 bits per heavy atom. The largest absolute Gasteiger partial charge is 0.368 e. The van der Waals surface area contributed by atoms with E-state index in [0.29, 0.717) is 33.7 Å². The number of hydrogen-bond acceptors (Lipinski definition) is 6. The van der Waals surface area contributed by atoms with E-state index in [1.54, 1.807) is 35.6 Å². The first kappa shape index (κ1) is 21.0. The number of sulfonamides is 1. The van der Waals surface area contributed by atoms with Crippen molar-refractivity contribution in [2.75, 3.05) is 18.4 Å². The summed E-state index contributed by atoms with van der Waals surface area (Å²) in [6.07, 6.45) is 0. The number of hydrogen-bond donors (Lipinski definition) is 2. The molecule has 154 valence electrons. The van der Waals surface area contributed by atoms with Crippen LogP contribution in [0, 0.1) is 0 Å². The summed E-state index contributed by atoms with van der Waals surface area (Å²) in [5.41, 5.74) is 0.713. The zero-order valence-corrected chi connectivity index (χ0v) is 18.6. The van der Waals surface area contributed by atoms with Crippen molar-refractivity contribution in [3.8, 4) is 10.7 Å². The molecule has 0 atom stereocenters. The Morgan fingerprint density at radius 3 is 2.43 bits per heavy atom. The van der Waals surface area contributed by atoms with Crippen molar-refractivity contribution in [1.82, 2.24) is 14.7 Å². The van der Waals surface area contributed by atoms with E-state index >= 15 is 0 Å². The van der Waals surface area contributed by atoms with Gasteiger partial charge in [0.1, 0.15) is 5.82 Å². The zero-order chi connectivity index (χ0) is 21.1. The number of nitrogens with zero attached hydrogens (tertiary/aromatic N) is 2. The first-order valence-corrected chi connectivity index (χ1v) is 12.0. The van der Waals surface area contributed by atoms with Crippen molar-refractivity contribution in [2.45, 2.75) is 4.90 Å². The van der Waals surface area contributed by atoms with Crippen LogP contribution in [0.1, 0.15) is 0 Å². The molecule has 4 rings (SSSR count). The maximum atomic E-state index is 12.4. The fraction of sp³-hybridized carbons (Fsp3) is 0.100. The molecule has 0 aliphatic heterocycles. The second kappa shape index (κ2) is 8.87. The van der Waals surface area contributed by atoms with Crippen molar-refractivity contribution in [1.29, 1.82) is 0 Å². The summed E-state index contributed by atoms with van der Waals surface area (Å²) in [5.74, 6) is 1.20. The summed E-state index contributed by atoms with van der Waals surface area (Å²) >= 11 is 13.5. The Balaban J connectivity index is 1.51.